The molecule has 6 nitrogen and oxygen atoms in total. The third kappa shape index (κ3) is 3.16. The van der Waals surface area contributed by atoms with Crippen LogP contribution in [-0.2, 0) is 6.42 Å². The van der Waals surface area contributed by atoms with E-state index in [-0.39, 0.29) is 17.1 Å². The molecule has 31 heavy (non-hydrogen) atoms. The minimum absolute atomic E-state index is 0.0826. The fourth-order valence-electron chi connectivity index (χ4n) is 4.01. The molecule has 1 unspecified atom stereocenters. The average molecular weight is 432 g/mol. The zero-order valence-electron chi connectivity index (χ0n) is 17.5. The van der Waals surface area contributed by atoms with E-state index >= 15 is 0 Å². The van der Waals surface area contributed by atoms with Crippen molar-refractivity contribution in [1.29, 1.82) is 0 Å². The Morgan fingerprint density at radius 1 is 1.03 bits per heavy atom. The fourth-order valence-corrected chi connectivity index (χ4v) is 4.97. The summed E-state index contributed by atoms with van der Waals surface area (Å²) in [6.45, 7) is 6.00. The molecule has 5 rings (SSSR count). The van der Waals surface area contributed by atoms with Crippen molar-refractivity contribution in [2.45, 2.75) is 39.7 Å². The van der Waals surface area contributed by atoms with Crippen molar-refractivity contribution in [2.75, 3.05) is 4.90 Å². The third-order valence-electron chi connectivity index (χ3n) is 5.54. The summed E-state index contributed by atoms with van der Waals surface area (Å²) in [4.78, 5) is 28.7. The summed E-state index contributed by atoms with van der Waals surface area (Å²) in [5.41, 5.74) is 3.49. The van der Waals surface area contributed by atoms with Gasteiger partial charge in [0, 0.05) is 6.42 Å². The predicted molar refractivity (Wildman–Crippen MR) is 121 cm³/mol. The van der Waals surface area contributed by atoms with Crippen molar-refractivity contribution in [1.82, 2.24) is 10.2 Å². The molecule has 0 saturated carbocycles. The van der Waals surface area contributed by atoms with Crippen molar-refractivity contribution < 1.29 is 9.21 Å². The Kier molecular flexibility index (Phi) is 4.70. The number of hydrogen-bond donors (Lipinski definition) is 0. The number of carbonyl (C=O) groups excluding carboxylic acids is 1. The van der Waals surface area contributed by atoms with Gasteiger partial charge in [0.2, 0.25) is 10.9 Å². The molecular formula is C24H21N3O3S. The van der Waals surface area contributed by atoms with E-state index in [1.165, 1.54) is 11.3 Å². The molecule has 0 radical (unpaired) electrons. The summed E-state index contributed by atoms with van der Waals surface area (Å²) in [5.74, 6) is -0.279. The number of carbonyl (C=O) groups is 1. The Labute approximate surface area is 183 Å². The summed E-state index contributed by atoms with van der Waals surface area (Å²) in [5, 5.41) is 10.4. The van der Waals surface area contributed by atoms with Crippen LogP contribution in [0.3, 0.4) is 0 Å². The van der Waals surface area contributed by atoms with Gasteiger partial charge in [0.1, 0.15) is 10.6 Å². The lowest BCUT2D eigenvalue weighted by molar-refractivity contribution is 0.0970. The van der Waals surface area contributed by atoms with E-state index in [0.717, 1.165) is 34.5 Å². The van der Waals surface area contributed by atoms with E-state index in [1.54, 1.807) is 11.0 Å². The van der Waals surface area contributed by atoms with Crippen LogP contribution in [0.25, 0.3) is 11.0 Å². The van der Waals surface area contributed by atoms with Crippen molar-refractivity contribution in [3.63, 3.8) is 0 Å². The molecule has 4 aromatic rings. The minimum Gasteiger partial charge on any atom is -0.450 e. The number of anilines is 1. The molecule has 0 saturated heterocycles. The lowest BCUT2D eigenvalue weighted by atomic mass is 9.97. The SMILES string of the molecule is CCCc1nnc(N2C(=O)c3oc4ccc(C)cc4c(=O)c3C2c2ccc(C)cc2)s1. The first-order valence-corrected chi connectivity index (χ1v) is 11.1. The van der Waals surface area contributed by atoms with Crippen molar-refractivity contribution in [3.8, 4) is 0 Å². The van der Waals surface area contributed by atoms with E-state index < -0.39 is 6.04 Å². The smallest absolute Gasteiger partial charge is 0.297 e. The zero-order chi connectivity index (χ0) is 21.7. The summed E-state index contributed by atoms with van der Waals surface area (Å²) in [6.07, 6.45) is 1.73. The molecule has 2 aromatic heterocycles. The molecule has 156 valence electrons. The van der Waals surface area contributed by atoms with E-state index in [1.807, 2.05) is 50.2 Å². The quantitative estimate of drug-likeness (QED) is 0.456. The van der Waals surface area contributed by atoms with Gasteiger partial charge in [-0.1, -0.05) is 59.7 Å². The van der Waals surface area contributed by atoms with Gasteiger partial charge >= 0.3 is 0 Å². The van der Waals surface area contributed by atoms with Crippen LogP contribution in [0.15, 0.2) is 51.7 Å². The molecule has 0 N–H and O–H groups in total. The minimum atomic E-state index is -0.605. The van der Waals surface area contributed by atoms with E-state index in [0.29, 0.717) is 21.7 Å². The van der Waals surface area contributed by atoms with Crippen LogP contribution in [0.4, 0.5) is 5.13 Å². The maximum atomic E-state index is 13.6. The van der Waals surface area contributed by atoms with Crippen LogP contribution in [-0.4, -0.2) is 16.1 Å². The van der Waals surface area contributed by atoms with Crippen LogP contribution in [0.2, 0.25) is 0 Å². The van der Waals surface area contributed by atoms with Gasteiger partial charge in [-0.2, -0.15) is 0 Å². The molecule has 0 aliphatic carbocycles. The summed E-state index contributed by atoms with van der Waals surface area (Å²) in [6, 6.07) is 12.7. The van der Waals surface area contributed by atoms with Gasteiger partial charge in [-0.25, -0.2) is 0 Å². The van der Waals surface area contributed by atoms with Gasteiger partial charge in [-0.05, 0) is 38.0 Å². The fraction of sp³-hybridized carbons (Fsp3) is 0.250. The largest absolute Gasteiger partial charge is 0.450 e. The van der Waals surface area contributed by atoms with Gasteiger partial charge in [0.25, 0.3) is 5.91 Å². The number of nitrogens with zero attached hydrogens (tertiary/aromatic N) is 3. The molecule has 2 aromatic carbocycles. The molecule has 1 atom stereocenters. The van der Waals surface area contributed by atoms with Crippen LogP contribution in [0.5, 0.6) is 0 Å². The van der Waals surface area contributed by atoms with Crippen molar-refractivity contribution in [2.24, 2.45) is 0 Å². The topological polar surface area (TPSA) is 76.3 Å². The Morgan fingerprint density at radius 3 is 2.52 bits per heavy atom. The van der Waals surface area contributed by atoms with Crippen LogP contribution < -0.4 is 10.3 Å². The second kappa shape index (κ2) is 7.42. The van der Waals surface area contributed by atoms with E-state index in [4.69, 9.17) is 4.42 Å². The molecular weight excluding hydrogens is 410 g/mol. The lowest BCUT2D eigenvalue weighted by Gasteiger charge is -2.22. The molecule has 1 amide bonds. The number of aromatic nitrogens is 2. The maximum Gasteiger partial charge on any atom is 0.297 e. The second-order valence-electron chi connectivity index (χ2n) is 7.89. The first-order valence-electron chi connectivity index (χ1n) is 10.3. The normalized spacial score (nSPS) is 15.6. The number of fused-ring (bicyclic) bond motifs is 2. The maximum absolute atomic E-state index is 13.6. The second-order valence-corrected chi connectivity index (χ2v) is 8.93. The highest BCUT2D eigenvalue weighted by atomic mass is 32.1. The molecule has 0 spiro atoms. The van der Waals surface area contributed by atoms with E-state index in [2.05, 4.69) is 17.1 Å². The average Bonchev–Trinajstić information content (AvgIpc) is 3.32. The molecule has 0 bridgehead atoms. The molecule has 0 fully saturated rings. The molecule has 3 heterocycles. The standard InChI is InChI=1S/C24H21N3O3S/c1-4-5-18-25-26-24(31-18)27-20(15-9-6-13(2)7-10-15)19-21(28)16-12-14(3)8-11-17(16)30-22(19)23(27)29/h6-12,20H,4-5H2,1-3H3. The van der Waals surface area contributed by atoms with Gasteiger partial charge in [-0.3, -0.25) is 14.5 Å². The zero-order valence-corrected chi connectivity index (χ0v) is 18.3. The summed E-state index contributed by atoms with van der Waals surface area (Å²) in [7, 11) is 0. The Morgan fingerprint density at radius 2 is 1.77 bits per heavy atom. The number of amides is 1. The molecule has 1 aliphatic rings. The number of aryl methyl sites for hydroxylation is 3. The Hall–Kier alpha value is -3.32. The van der Waals surface area contributed by atoms with Gasteiger partial charge in [0.15, 0.2) is 5.43 Å². The lowest BCUT2D eigenvalue weighted by Crippen LogP contribution is -2.29. The first-order chi connectivity index (χ1) is 15.0. The Balaban J connectivity index is 1.77. The molecule has 7 heteroatoms. The van der Waals surface area contributed by atoms with Crippen molar-refractivity contribution >= 4 is 33.3 Å². The Bertz CT molecular complexity index is 1370. The number of rotatable bonds is 4. The summed E-state index contributed by atoms with van der Waals surface area (Å²) < 4.78 is 6.00. The first kappa shape index (κ1) is 19.6. The van der Waals surface area contributed by atoms with E-state index in [9.17, 15) is 9.59 Å². The highest BCUT2D eigenvalue weighted by molar-refractivity contribution is 7.15. The van der Waals surface area contributed by atoms with Crippen LogP contribution >= 0.6 is 11.3 Å². The van der Waals surface area contributed by atoms with Crippen LogP contribution in [0.1, 0.15) is 57.2 Å². The van der Waals surface area contributed by atoms with Gasteiger partial charge in [0.05, 0.1) is 17.0 Å². The predicted octanol–water partition coefficient (Wildman–Crippen LogP) is 4.96. The highest BCUT2D eigenvalue weighted by Crippen LogP contribution is 2.42. The monoisotopic (exact) mass is 431 g/mol. The number of hydrogen-bond acceptors (Lipinski definition) is 6. The third-order valence-corrected chi connectivity index (χ3v) is 6.53. The van der Waals surface area contributed by atoms with Gasteiger partial charge < -0.3 is 4.42 Å². The molecule has 1 aliphatic heterocycles. The number of benzene rings is 2. The van der Waals surface area contributed by atoms with Gasteiger partial charge in [-0.15, -0.1) is 10.2 Å². The van der Waals surface area contributed by atoms with Crippen molar-refractivity contribution in [3.05, 3.63) is 85.7 Å². The highest BCUT2D eigenvalue weighted by Gasteiger charge is 2.45. The summed E-state index contributed by atoms with van der Waals surface area (Å²) >= 11 is 1.38. The van der Waals surface area contributed by atoms with Crippen LogP contribution in [0, 0.1) is 13.8 Å².